The number of carboxylic acid groups (broad SMARTS) is 1. The number of hydrogen-bond acceptors (Lipinski definition) is 6. The second-order valence-corrected chi connectivity index (χ2v) is 2.92. The normalized spacial score (nSPS) is 14.5. The van der Waals surface area contributed by atoms with Crippen LogP contribution in [0.3, 0.4) is 0 Å². The molecular weight excluding hydrogens is 200 g/mol. The van der Waals surface area contributed by atoms with Gasteiger partial charge in [-0.05, 0) is 0 Å². The lowest BCUT2D eigenvalue weighted by atomic mass is 10.3. The van der Waals surface area contributed by atoms with Gasteiger partial charge in [0.15, 0.2) is 0 Å². The van der Waals surface area contributed by atoms with Gasteiger partial charge >= 0.3 is 5.97 Å². The molecule has 0 saturated heterocycles. The van der Waals surface area contributed by atoms with Crippen LogP contribution in [0.1, 0.15) is 16.8 Å². The molecule has 0 atom stereocenters. The third kappa shape index (κ3) is 1.71. The highest BCUT2D eigenvalue weighted by molar-refractivity contribution is 5.89. The summed E-state index contributed by atoms with van der Waals surface area (Å²) in [5.74, 6) is -1.61. The maximum absolute atomic E-state index is 10.6. The highest BCUT2D eigenvalue weighted by Crippen LogP contribution is 2.18. The smallest absolute Gasteiger partial charge is 0.342 e. The van der Waals surface area contributed by atoms with Gasteiger partial charge in [0.05, 0.1) is 6.20 Å². The summed E-state index contributed by atoms with van der Waals surface area (Å²) in [7, 11) is 0. The van der Waals surface area contributed by atoms with Crippen molar-refractivity contribution in [3.05, 3.63) is 11.8 Å². The Bertz CT molecular complexity index is 432. The van der Waals surface area contributed by atoms with Gasteiger partial charge in [-0.1, -0.05) is 0 Å². The lowest BCUT2D eigenvalue weighted by Gasteiger charge is -2.11. The zero-order valence-corrected chi connectivity index (χ0v) is 7.66. The van der Waals surface area contributed by atoms with Crippen LogP contribution < -0.4 is 5.01 Å². The fraction of sp³-hybridized carbons (Fsp3) is 0.250. The summed E-state index contributed by atoms with van der Waals surface area (Å²) in [6.45, 7) is 0.631. The Kier molecular flexibility index (Phi) is 2.20. The summed E-state index contributed by atoms with van der Waals surface area (Å²) in [6.07, 6.45) is 3.55. The standard InChI is InChI=1S/C8H8N4O3/c13-6-5(7(14)15)4-9-8(11-6)12-3-1-2-10-12/h2,4H,1,3H2,(H,14,15)(H,9,11,13). The van der Waals surface area contributed by atoms with Crippen LogP contribution in [0.25, 0.3) is 0 Å². The van der Waals surface area contributed by atoms with Crippen LogP contribution in [0, 0.1) is 0 Å². The summed E-state index contributed by atoms with van der Waals surface area (Å²) >= 11 is 0. The first kappa shape index (κ1) is 9.38. The van der Waals surface area contributed by atoms with Gasteiger partial charge in [0.2, 0.25) is 11.8 Å². The summed E-state index contributed by atoms with van der Waals surface area (Å²) in [6, 6.07) is 0. The highest BCUT2D eigenvalue weighted by Gasteiger charge is 2.17. The molecule has 1 aromatic rings. The Balaban J connectivity index is 2.32. The highest BCUT2D eigenvalue weighted by atomic mass is 16.4. The zero-order chi connectivity index (χ0) is 10.8. The molecule has 2 heterocycles. The van der Waals surface area contributed by atoms with Crippen molar-refractivity contribution in [1.82, 2.24) is 9.97 Å². The molecule has 0 unspecified atom stereocenters. The molecule has 1 aromatic heterocycles. The van der Waals surface area contributed by atoms with Gasteiger partial charge in [0, 0.05) is 19.2 Å². The van der Waals surface area contributed by atoms with E-state index in [1.165, 1.54) is 5.01 Å². The van der Waals surface area contributed by atoms with Gasteiger partial charge < -0.3 is 10.2 Å². The minimum absolute atomic E-state index is 0.200. The Hall–Kier alpha value is -2.18. The van der Waals surface area contributed by atoms with Gasteiger partial charge in [-0.15, -0.1) is 0 Å². The summed E-state index contributed by atoms with van der Waals surface area (Å²) in [5.41, 5.74) is -0.318. The van der Waals surface area contributed by atoms with Gasteiger partial charge in [-0.25, -0.2) is 14.8 Å². The summed E-state index contributed by atoms with van der Waals surface area (Å²) < 4.78 is 0. The van der Waals surface area contributed by atoms with Gasteiger partial charge in [0.25, 0.3) is 0 Å². The van der Waals surface area contributed by atoms with Crippen molar-refractivity contribution in [2.24, 2.45) is 5.10 Å². The molecule has 7 heteroatoms. The average Bonchev–Trinajstić information content (AvgIpc) is 2.69. The van der Waals surface area contributed by atoms with Crippen molar-refractivity contribution < 1.29 is 15.0 Å². The van der Waals surface area contributed by atoms with Crippen molar-refractivity contribution in [2.45, 2.75) is 6.42 Å². The summed E-state index contributed by atoms with van der Waals surface area (Å²) in [4.78, 5) is 18.0. The Morgan fingerprint density at radius 2 is 2.33 bits per heavy atom. The van der Waals surface area contributed by atoms with E-state index in [0.717, 1.165) is 12.6 Å². The number of aromatic carboxylic acids is 1. The molecule has 0 aromatic carbocycles. The molecule has 0 bridgehead atoms. The number of hydrazone groups is 1. The molecule has 2 rings (SSSR count). The molecule has 15 heavy (non-hydrogen) atoms. The number of hydrogen-bond donors (Lipinski definition) is 2. The maximum atomic E-state index is 10.6. The fourth-order valence-electron chi connectivity index (χ4n) is 1.18. The van der Waals surface area contributed by atoms with E-state index in [0.29, 0.717) is 6.54 Å². The number of carbonyl (C=O) groups is 1. The fourth-order valence-corrected chi connectivity index (χ4v) is 1.18. The average molecular weight is 208 g/mol. The third-order valence-electron chi connectivity index (χ3n) is 1.91. The van der Waals surface area contributed by atoms with Crippen molar-refractivity contribution >= 4 is 18.1 Å². The van der Waals surface area contributed by atoms with E-state index in [9.17, 15) is 9.90 Å². The van der Waals surface area contributed by atoms with E-state index in [2.05, 4.69) is 15.1 Å². The van der Waals surface area contributed by atoms with Crippen molar-refractivity contribution in [3.8, 4) is 5.88 Å². The first-order chi connectivity index (χ1) is 7.18. The Morgan fingerprint density at radius 3 is 2.87 bits per heavy atom. The van der Waals surface area contributed by atoms with Gasteiger partial charge in [0.1, 0.15) is 5.56 Å². The molecule has 0 radical (unpaired) electrons. The second kappa shape index (κ2) is 3.52. The van der Waals surface area contributed by atoms with Crippen LogP contribution in [0.5, 0.6) is 5.88 Å². The number of rotatable bonds is 2. The number of aromatic nitrogens is 2. The Morgan fingerprint density at radius 1 is 1.53 bits per heavy atom. The van der Waals surface area contributed by atoms with Gasteiger partial charge in [-0.2, -0.15) is 10.1 Å². The molecule has 0 amide bonds. The van der Waals surface area contributed by atoms with E-state index >= 15 is 0 Å². The molecule has 0 spiro atoms. The van der Waals surface area contributed by atoms with E-state index in [1.54, 1.807) is 6.21 Å². The number of carboxylic acids is 1. The van der Waals surface area contributed by atoms with E-state index in [1.807, 2.05) is 0 Å². The van der Waals surface area contributed by atoms with E-state index < -0.39 is 11.8 Å². The first-order valence-corrected chi connectivity index (χ1v) is 4.28. The van der Waals surface area contributed by atoms with Crippen molar-refractivity contribution in [3.63, 3.8) is 0 Å². The molecule has 2 N–H and O–H groups in total. The van der Waals surface area contributed by atoms with Gasteiger partial charge in [-0.3, -0.25) is 0 Å². The van der Waals surface area contributed by atoms with Crippen LogP contribution in [0.2, 0.25) is 0 Å². The largest absolute Gasteiger partial charge is 0.493 e. The minimum Gasteiger partial charge on any atom is -0.493 e. The molecule has 78 valence electrons. The number of nitrogens with zero attached hydrogens (tertiary/aromatic N) is 4. The quantitative estimate of drug-likeness (QED) is 0.713. The third-order valence-corrected chi connectivity index (χ3v) is 1.91. The molecular formula is C8H8N4O3. The van der Waals surface area contributed by atoms with Crippen molar-refractivity contribution in [2.75, 3.05) is 11.6 Å². The van der Waals surface area contributed by atoms with Crippen LogP contribution in [0.4, 0.5) is 5.95 Å². The van der Waals surface area contributed by atoms with E-state index in [4.69, 9.17) is 5.11 Å². The second-order valence-electron chi connectivity index (χ2n) is 2.92. The first-order valence-electron chi connectivity index (χ1n) is 4.28. The van der Waals surface area contributed by atoms with Crippen LogP contribution in [-0.4, -0.2) is 38.9 Å². The molecule has 7 nitrogen and oxygen atoms in total. The number of anilines is 1. The monoisotopic (exact) mass is 208 g/mol. The zero-order valence-electron chi connectivity index (χ0n) is 7.66. The lowest BCUT2D eigenvalue weighted by molar-refractivity contribution is 0.0692. The van der Waals surface area contributed by atoms with E-state index in [-0.39, 0.29) is 11.5 Å². The molecule has 1 aliphatic rings. The van der Waals surface area contributed by atoms with Crippen LogP contribution in [0.15, 0.2) is 11.3 Å². The predicted octanol–water partition coefficient (Wildman–Crippen LogP) is 0.0763. The summed E-state index contributed by atoms with van der Waals surface area (Å²) in [5, 5.41) is 23.4. The topological polar surface area (TPSA) is 98.9 Å². The SMILES string of the molecule is O=C(O)c1cnc(N2CCC=N2)nc1O. The minimum atomic E-state index is -1.26. The maximum Gasteiger partial charge on any atom is 0.342 e. The lowest BCUT2D eigenvalue weighted by Crippen LogP contribution is -2.16. The number of aromatic hydroxyl groups is 1. The van der Waals surface area contributed by atoms with Crippen LogP contribution >= 0.6 is 0 Å². The Labute approximate surface area is 84.7 Å². The molecule has 1 aliphatic heterocycles. The molecule has 0 saturated carbocycles. The molecule has 0 fully saturated rings. The van der Waals surface area contributed by atoms with Crippen molar-refractivity contribution in [1.29, 1.82) is 0 Å². The van der Waals surface area contributed by atoms with Crippen LogP contribution in [-0.2, 0) is 0 Å². The predicted molar refractivity (Wildman–Crippen MR) is 51.1 cm³/mol. The molecule has 0 aliphatic carbocycles.